The molecule has 1 saturated heterocycles. The second kappa shape index (κ2) is 5.28. The quantitative estimate of drug-likeness (QED) is 0.336. The molecule has 1 atom stereocenters. The third kappa shape index (κ3) is 3.16. The van der Waals surface area contributed by atoms with Crippen LogP contribution < -0.4 is 21.6 Å². The predicted octanol–water partition coefficient (Wildman–Crippen LogP) is -1.18. The Balaban J connectivity index is 1.89. The number of nitrogens with zero attached hydrogens (tertiary/aromatic N) is 1. The maximum atomic E-state index is 11.0. The van der Waals surface area contributed by atoms with E-state index in [4.69, 9.17) is 0 Å². The van der Waals surface area contributed by atoms with Crippen LogP contribution in [0.2, 0.25) is 0 Å². The molecule has 7 heteroatoms. The SMILES string of the molecule is O=C1CNNC(N/N=C/c2ccccc2O)N1. The fourth-order valence-electron chi connectivity index (χ4n) is 1.32. The van der Waals surface area contributed by atoms with Crippen LogP contribution in [0.3, 0.4) is 0 Å². The van der Waals surface area contributed by atoms with Crippen LogP contribution in [-0.2, 0) is 4.79 Å². The largest absolute Gasteiger partial charge is 0.507 e. The van der Waals surface area contributed by atoms with E-state index in [0.717, 1.165) is 0 Å². The van der Waals surface area contributed by atoms with E-state index in [2.05, 4.69) is 26.7 Å². The first kappa shape index (κ1) is 11.4. The minimum absolute atomic E-state index is 0.126. The van der Waals surface area contributed by atoms with Gasteiger partial charge in [-0.05, 0) is 12.1 Å². The van der Waals surface area contributed by atoms with Crippen LogP contribution in [0.15, 0.2) is 29.4 Å². The van der Waals surface area contributed by atoms with Gasteiger partial charge in [-0.15, -0.1) is 0 Å². The summed E-state index contributed by atoms with van der Waals surface area (Å²) < 4.78 is 0. The van der Waals surface area contributed by atoms with Crippen molar-refractivity contribution in [2.75, 3.05) is 6.54 Å². The van der Waals surface area contributed by atoms with E-state index >= 15 is 0 Å². The van der Waals surface area contributed by atoms with Gasteiger partial charge in [-0.3, -0.25) is 10.2 Å². The van der Waals surface area contributed by atoms with Crippen molar-refractivity contribution in [3.05, 3.63) is 29.8 Å². The maximum absolute atomic E-state index is 11.0. The summed E-state index contributed by atoms with van der Waals surface area (Å²) in [5, 5.41) is 16.0. The third-order valence-electron chi connectivity index (χ3n) is 2.14. The molecule has 1 aliphatic heterocycles. The molecule has 0 spiro atoms. The molecule has 90 valence electrons. The molecule has 2 rings (SSSR count). The Hall–Kier alpha value is -2.12. The Bertz CT molecular complexity index is 434. The Morgan fingerprint density at radius 3 is 3.06 bits per heavy atom. The van der Waals surface area contributed by atoms with Gasteiger partial charge in [0.05, 0.1) is 12.8 Å². The molecule has 1 heterocycles. The third-order valence-corrected chi connectivity index (χ3v) is 2.14. The number of amides is 1. The molecule has 17 heavy (non-hydrogen) atoms. The average molecular weight is 235 g/mol. The summed E-state index contributed by atoms with van der Waals surface area (Å²) in [7, 11) is 0. The van der Waals surface area contributed by atoms with Crippen molar-refractivity contribution in [1.82, 2.24) is 21.6 Å². The number of nitrogens with one attached hydrogen (secondary N) is 4. The second-order valence-corrected chi connectivity index (χ2v) is 3.44. The van der Waals surface area contributed by atoms with Crippen molar-refractivity contribution < 1.29 is 9.90 Å². The van der Waals surface area contributed by atoms with Crippen molar-refractivity contribution in [2.45, 2.75) is 6.29 Å². The van der Waals surface area contributed by atoms with Gasteiger partial charge in [0, 0.05) is 5.56 Å². The van der Waals surface area contributed by atoms with Gasteiger partial charge in [0.2, 0.25) is 5.91 Å². The number of carbonyl (C=O) groups excluding carboxylic acids is 1. The fourth-order valence-corrected chi connectivity index (χ4v) is 1.32. The zero-order chi connectivity index (χ0) is 12.1. The molecule has 0 saturated carbocycles. The van der Waals surface area contributed by atoms with E-state index in [1.54, 1.807) is 24.3 Å². The first-order valence-corrected chi connectivity index (χ1v) is 5.10. The smallest absolute Gasteiger partial charge is 0.238 e. The number of phenolic OH excluding ortho intramolecular Hbond substituents is 1. The lowest BCUT2D eigenvalue weighted by molar-refractivity contribution is -0.123. The number of rotatable bonds is 3. The number of benzene rings is 1. The number of aromatic hydroxyl groups is 1. The average Bonchev–Trinajstić information content (AvgIpc) is 2.32. The Morgan fingerprint density at radius 1 is 1.47 bits per heavy atom. The second-order valence-electron chi connectivity index (χ2n) is 3.44. The minimum atomic E-state index is -0.474. The molecule has 7 nitrogen and oxygen atoms in total. The van der Waals surface area contributed by atoms with Crippen molar-refractivity contribution in [1.29, 1.82) is 0 Å². The van der Waals surface area contributed by atoms with Crippen LogP contribution in [0.4, 0.5) is 0 Å². The lowest BCUT2D eigenvalue weighted by Crippen LogP contribution is -2.64. The molecule has 1 aromatic rings. The number of hydrazone groups is 1. The predicted molar refractivity (Wildman–Crippen MR) is 61.9 cm³/mol. The van der Waals surface area contributed by atoms with Gasteiger partial charge in [0.1, 0.15) is 5.75 Å². The van der Waals surface area contributed by atoms with E-state index in [9.17, 15) is 9.90 Å². The van der Waals surface area contributed by atoms with Gasteiger partial charge in [0.25, 0.3) is 0 Å². The molecule has 1 unspecified atom stereocenters. The van der Waals surface area contributed by atoms with Gasteiger partial charge in [-0.2, -0.15) is 5.10 Å². The van der Waals surface area contributed by atoms with Crippen molar-refractivity contribution >= 4 is 12.1 Å². The highest BCUT2D eigenvalue weighted by Gasteiger charge is 2.14. The van der Waals surface area contributed by atoms with Crippen LogP contribution in [-0.4, -0.2) is 30.1 Å². The molecule has 5 N–H and O–H groups in total. The lowest BCUT2D eigenvalue weighted by atomic mass is 10.2. The van der Waals surface area contributed by atoms with Gasteiger partial charge in [-0.25, -0.2) is 10.9 Å². The molecule has 0 aromatic heterocycles. The summed E-state index contributed by atoms with van der Waals surface area (Å²) in [5.74, 6) is 0.0239. The Labute approximate surface area is 97.9 Å². The van der Waals surface area contributed by atoms with Crippen molar-refractivity contribution in [3.63, 3.8) is 0 Å². The molecule has 1 aliphatic rings. The topological polar surface area (TPSA) is 97.8 Å². The Kier molecular flexibility index (Phi) is 3.53. The standard InChI is InChI=1S/C10H13N5O2/c16-8-4-2-1-3-7(8)5-11-14-10-13-9(17)6-12-15-10/h1-5,10,12,14-16H,6H2,(H,13,17)/b11-5+. The fraction of sp³-hybridized carbons (Fsp3) is 0.200. The summed E-state index contributed by atoms with van der Waals surface area (Å²) in [6.07, 6.45) is 0.996. The zero-order valence-corrected chi connectivity index (χ0v) is 8.97. The van der Waals surface area contributed by atoms with E-state index in [1.807, 2.05) is 0 Å². The highest BCUT2D eigenvalue weighted by molar-refractivity contribution is 5.83. The van der Waals surface area contributed by atoms with E-state index in [1.165, 1.54) is 6.21 Å². The minimum Gasteiger partial charge on any atom is -0.507 e. The van der Waals surface area contributed by atoms with Crippen LogP contribution in [0, 0.1) is 0 Å². The molecular formula is C10H13N5O2. The molecule has 1 fully saturated rings. The molecule has 1 amide bonds. The summed E-state index contributed by atoms with van der Waals surface area (Å²) >= 11 is 0. The highest BCUT2D eigenvalue weighted by atomic mass is 16.3. The van der Waals surface area contributed by atoms with Crippen LogP contribution in [0.25, 0.3) is 0 Å². The van der Waals surface area contributed by atoms with Gasteiger partial charge in [-0.1, -0.05) is 12.1 Å². The first-order chi connectivity index (χ1) is 8.25. The van der Waals surface area contributed by atoms with Gasteiger partial charge in [0.15, 0.2) is 6.29 Å². The molecule has 0 radical (unpaired) electrons. The zero-order valence-electron chi connectivity index (χ0n) is 8.97. The highest BCUT2D eigenvalue weighted by Crippen LogP contribution is 2.12. The van der Waals surface area contributed by atoms with Gasteiger partial charge >= 0.3 is 0 Å². The molecule has 0 bridgehead atoms. The number of phenols is 1. The van der Waals surface area contributed by atoms with E-state index in [0.29, 0.717) is 5.56 Å². The maximum Gasteiger partial charge on any atom is 0.238 e. The van der Waals surface area contributed by atoms with Crippen LogP contribution in [0.5, 0.6) is 5.75 Å². The van der Waals surface area contributed by atoms with E-state index < -0.39 is 6.29 Å². The molecule has 1 aromatic carbocycles. The normalized spacial score (nSPS) is 20.2. The molecule has 0 aliphatic carbocycles. The summed E-state index contributed by atoms with van der Waals surface area (Å²) in [6.45, 7) is 0.224. The monoisotopic (exact) mass is 235 g/mol. The lowest BCUT2D eigenvalue weighted by Gasteiger charge is -2.24. The summed E-state index contributed by atoms with van der Waals surface area (Å²) in [5.41, 5.74) is 8.75. The molecular weight excluding hydrogens is 222 g/mol. The number of hydrogen-bond donors (Lipinski definition) is 5. The van der Waals surface area contributed by atoms with Crippen molar-refractivity contribution in [2.24, 2.45) is 5.10 Å². The summed E-state index contributed by atoms with van der Waals surface area (Å²) in [4.78, 5) is 11.0. The van der Waals surface area contributed by atoms with Crippen LogP contribution >= 0.6 is 0 Å². The van der Waals surface area contributed by atoms with Crippen molar-refractivity contribution in [3.8, 4) is 5.75 Å². The number of carbonyl (C=O) groups is 1. The van der Waals surface area contributed by atoms with Gasteiger partial charge < -0.3 is 10.4 Å². The number of para-hydroxylation sites is 1. The van der Waals surface area contributed by atoms with E-state index in [-0.39, 0.29) is 18.2 Å². The first-order valence-electron chi connectivity index (χ1n) is 5.10. The summed E-state index contributed by atoms with van der Waals surface area (Å²) in [6, 6.07) is 6.82. The number of hydrazine groups is 1. The van der Waals surface area contributed by atoms with Crippen LogP contribution in [0.1, 0.15) is 5.56 Å². The Morgan fingerprint density at radius 2 is 2.29 bits per heavy atom. The number of hydrogen-bond acceptors (Lipinski definition) is 6.